The van der Waals surface area contributed by atoms with Crippen LogP contribution in [0.15, 0.2) is 41.2 Å². The molecule has 2 rings (SSSR count). The number of para-hydroxylation sites is 1. The molecule has 1 heterocycles. The third kappa shape index (κ3) is 1.75. The van der Waals surface area contributed by atoms with Gasteiger partial charge in [-0.25, -0.2) is 10.8 Å². The average molecular weight is 189 g/mol. The van der Waals surface area contributed by atoms with Crippen molar-refractivity contribution in [1.82, 2.24) is 5.43 Å². The molecular weight excluding hydrogens is 178 g/mol. The first kappa shape index (κ1) is 8.77. The van der Waals surface area contributed by atoms with Crippen molar-refractivity contribution in [3.8, 4) is 5.75 Å². The normalized spacial score (nSPS) is 14.5. The molecule has 4 nitrogen and oxygen atoms in total. The molecule has 0 unspecified atom stereocenters. The number of aliphatic imine (C=N–C) groups is 1. The quantitative estimate of drug-likeness (QED) is 0.315. The lowest BCUT2D eigenvalue weighted by Gasteiger charge is -2.14. The zero-order chi connectivity index (χ0) is 9.80. The lowest BCUT2D eigenvalue weighted by atomic mass is 10.1. The zero-order valence-electron chi connectivity index (χ0n) is 7.60. The molecule has 1 aromatic carbocycles. The molecule has 72 valence electrons. The average Bonchev–Trinajstić information content (AvgIpc) is 2.26. The van der Waals surface area contributed by atoms with Crippen LogP contribution in [0.2, 0.25) is 0 Å². The molecule has 0 fully saturated rings. The second-order valence-corrected chi connectivity index (χ2v) is 2.88. The summed E-state index contributed by atoms with van der Waals surface area (Å²) in [6.07, 6.45) is 4.14. The molecule has 1 aliphatic rings. The number of nitrogens with two attached hydrogens (primary N) is 1. The Morgan fingerprint density at radius 3 is 3.14 bits per heavy atom. The highest BCUT2D eigenvalue weighted by molar-refractivity contribution is 5.55. The van der Waals surface area contributed by atoms with Gasteiger partial charge in [-0.05, 0) is 24.1 Å². The number of rotatable bonds is 2. The number of nitrogens with zero attached hydrogens (tertiary/aromatic N) is 1. The van der Waals surface area contributed by atoms with Crippen molar-refractivity contribution in [2.24, 2.45) is 10.8 Å². The number of hydrazine groups is 1. The van der Waals surface area contributed by atoms with Gasteiger partial charge in [0.25, 0.3) is 0 Å². The van der Waals surface area contributed by atoms with E-state index < -0.39 is 0 Å². The van der Waals surface area contributed by atoms with E-state index in [9.17, 15) is 0 Å². The van der Waals surface area contributed by atoms with E-state index in [1.54, 1.807) is 0 Å². The summed E-state index contributed by atoms with van der Waals surface area (Å²) in [6, 6.07) is 7.89. The molecule has 0 aliphatic carbocycles. The minimum absolute atomic E-state index is 0.571. The van der Waals surface area contributed by atoms with E-state index in [1.807, 2.05) is 30.3 Å². The molecular formula is C10H11N3O. The summed E-state index contributed by atoms with van der Waals surface area (Å²) in [6.45, 7) is 0. The van der Waals surface area contributed by atoms with Gasteiger partial charge >= 0.3 is 0 Å². The van der Waals surface area contributed by atoms with Crippen LogP contribution in [0, 0.1) is 0 Å². The van der Waals surface area contributed by atoms with Crippen LogP contribution >= 0.6 is 0 Å². The fourth-order valence-corrected chi connectivity index (χ4v) is 1.30. The third-order valence-corrected chi connectivity index (χ3v) is 1.95. The highest BCUT2D eigenvalue weighted by atomic mass is 16.5. The summed E-state index contributed by atoms with van der Waals surface area (Å²) < 4.78 is 5.50. The van der Waals surface area contributed by atoms with Gasteiger partial charge in [-0.1, -0.05) is 18.2 Å². The lowest BCUT2D eigenvalue weighted by Crippen LogP contribution is -2.19. The van der Waals surface area contributed by atoms with Crippen LogP contribution in [0.4, 0.5) is 0 Å². The number of hydrogen-bond acceptors (Lipinski definition) is 3. The number of benzene rings is 1. The third-order valence-electron chi connectivity index (χ3n) is 1.95. The smallest absolute Gasteiger partial charge is 0.216 e. The van der Waals surface area contributed by atoms with Crippen molar-refractivity contribution < 1.29 is 4.74 Å². The fourth-order valence-electron chi connectivity index (χ4n) is 1.30. The van der Waals surface area contributed by atoms with Gasteiger partial charge in [-0.15, -0.1) is 0 Å². The van der Waals surface area contributed by atoms with E-state index >= 15 is 0 Å². The summed E-state index contributed by atoms with van der Waals surface area (Å²) in [7, 11) is 0. The zero-order valence-corrected chi connectivity index (χ0v) is 7.60. The second kappa shape index (κ2) is 3.93. The summed E-state index contributed by atoms with van der Waals surface area (Å²) in [5, 5.41) is 0. The van der Waals surface area contributed by atoms with Crippen LogP contribution in [0.25, 0.3) is 0 Å². The summed E-state index contributed by atoms with van der Waals surface area (Å²) in [5.41, 5.74) is 3.50. The van der Waals surface area contributed by atoms with Crippen LogP contribution in [-0.4, -0.2) is 6.34 Å². The minimum atomic E-state index is 0.571. The molecule has 0 atom stereocenters. The monoisotopic (exact) mass is 189 g/mol. The molecule has 0 amide bonds. The Bertz CT molecular complexity index is 385. The number of allylic oxidation sites excluding steroid dienone is 1. The highest BCUT2D eigenvalue weighted by Gasteiger charge is 2.09. The van der Waals surface area contributed by atoms with Gasteiger partial charge in [0, 0.05) is 0 Å². The molecule has 0 spiro atoms. The van der Waals surface area contributed by atoms with E-state index in [0.717, 1.165) is 12.2 Å². The molecule has 0 saturated carbocycles. The minimum Gasteiger partial charge on any atom is -0.439 e. The maximum absolute atomic E-state index is 5.50. The Morgan fingerprint density at radius 1 is 1.43 bits per heavy atom. The number of hydrogen-bond donors (Lipinski definition) is 2. The molecule has 1 aliphatic heterocycles. The Kier molecular flexibility index (Phi) is 2.46. The van der Waals surface area contributed by atoms with Gasteiger partial charge in [-0.3, -0.25) is 0 Å². The van der Waals surface area contributed by atoms with E-state index in [1.165, 1.54) is 11.9 Å². The van der Waals surface area contributed by atoms with E-state index in [4.69, 9.17) is 10.6 Å². The van der Waals surface area contributed by atoms with Gasteiger partial charge in [-0.2, -0.15) is 0 Å². The van der Waals surface area contributed by atoms with Crippen LogP contribution in [-0.2, 0) is 6.42 Å². The molecule has 14 heavy (non-hydrogen) atoms. The topological polar surface area (TPSA) is 59.6 Å². The molecule has 3 N–H and O–H groups in total. The Labute approximate surface area is 82.1 Å². The van der Waals surface area contributed by atoms with Gasteiger partial charge in [0.05, 0.1) is 0 Å². The Morgan fingerprint density at radius 2 is 2.29 bits per heavy atom. The van der Waals surface area contributed by atoms with Crippen LogP contribution in [0.5, 0.6) is 5.75 Å². The summed E-state index contributed by atoms with van der Waals surface area (Å²) >= 11 is 0. The van der Waals surface area contributed by atoms with Crippen molar-refractivity contribution in [2.75, 3.05) is 0 Å². The van der Waals surface area contributed by atoms with Crippen molar-refractivity contribution in [3.05, 3.63) is 41.8 Å². The van der Waals surface area contributed by atoms with Gasteiger partial charge in [0.15, 0.2) is 0 Å². The van der Waals surface area contributed by atoms with Gasteiger partial charge in [0.2, 0.25) is 5.88 Å². The Hall–Kier alpha value is -1.81. The molecule has 0 saturated heterocycles. The van der Waals surface area contributed by atoms with Crippen LogP contribution < -0.4 is 16.0 Å². The molecule has 0 radical (unpaired) electrons. The van der Waals surface area contributed by atoms with E-state index in [0.29, 0.717) is 5.88 Å². The molecule has 0 bridgehead atoms. The van der Waals surface area contributed by atoms with Gasteiger partial charge < -0.3 is 10.2 Å². The molecule has 0 aromatic heterocycles. The first-order valence-corrected chi connectivity index (χ1v) is 4.35. The van der Waals surface area contributed by atoms with Crippen molar-refractivity contribution in [2.45, 2.75) is 6.42 Å². The Balaban J connectivity index is 2.17. The number of ether oxygens (including phenoxy) is 1. The first-order chi connectivity index (χ1) is 6.90. The predicted octanol–water partition coefficient (Wildman–Crippen LogP) is 0.954. The maximum Gasteiger partial charge on any atom is 0.216 e. The number of fused-ring (bicyclic) bond motifs is 1. The van der Waals surface area contributed by atoms with Crippen molar-refractivity contribution in [1.29, 1.82) is 0 Å². The van der Waals surface area contributed by atoms with E-state index in [2.05, 4.69) is 10.4 Å². The van der Waals surface area contributed by atoms with E-state index in [-0.39, 0.29) is 0 Å². The molecule has 1 aromatic rings. The summed E-state index contributed by atoms with van der Waals surface area (Å²) in [5.74, 6) is 6.49. The maximum atomic E-state index is 5.50. The van der Waals surface area contributed by atoms with Crippen LogP contribution in [0.1, 0.15) is 5.56 Å². The SMILES string of the molecule is NN/C=N/C1=CCc2ccccc2O1. The van der Waals surface area contributed by atoms with Crippen molar-refractivity contribution in [3.63, 3.8) is 0 Å². The second-order valence-electron chi connectivity index (χ2n) is 2.88. The van der Waals surface area contributed by atoms with Crippen molar-refractivity contribution >= 4 is 6.34 Å². The largest absolute Gasteiger partial charge is 0.439 e. The number of nitrogens with one attached hydrogen (secondary N) is 1. The van der Waals surface area contributed by atoms with Gasteiger partial charge in [0.1, 0.15) is 12.1 Å². The summed E-state index contributed by atoms with van der Waals surface area (Å²) in [4.78, 5) is 3.98. The standard InChI is InChI=1S/C10H11N3O/c11-13-7-12-10-6-5-8-3-1-2-4-9(8)14-10/h1-4,6-7H,5,11H2,(H,12,13). The lowest BCUT2D eigenvalue weighted by molar-refractivity contribution is 0.405. The highest BCUT2D eigenvalue weighted by Crippen LogP contribution is 2.25. The fraction of sp³-hybridized carbons (Fsp3) is 0.100. The van der Waals surface area contributed by atoms with Crippen LogP contribution in [0.3, 0.4) is 0 Å². The first-order valence-electron chi connectivity index (χ1n) is 4.35. The predicted molar refractivity (Wildman–Crippen MR) is 54.7 cm³/mol. The molecule has 4 heteroatoms.